The van der Waals surface area contributed by atoms with Crippen molar-refractivity contribution in [1.82, 2.24) is 4.90 Å². The van der Waals surface area contributed by atoms with Crippen LogP contribution in [0.5, 0.6) is 0 Å². The quantitative estimate of drug-likeness (QED) is 0.832. The Labute approximate surface area is 94.4 Å². The third-order valence-electron chi connectivity index (χ3n) is 2.90. The van der Waals surface area contributed by atoms with E-state index >= 15 is 0 Å². The Morgan fingerprint density at radius 2 is 2.31 bits per heavy atom. The number of fused-ring (bicyclic) bond motifs is 1. The van der Waals surface area contributed by atoms with Crippen LogP contribution in [-0.4, -0.2) is 36.2 Å². The van der Waals surface area contributed by atoms with Crippen LogP contribution < -0.4 is 0 Å². The molecule has 4 nitrogen and oxygen atoms in total. The molecule has 1 unspecified atom stereocenters. The largest absolute Gasteiger partial charge is 0.480 e. The Morgan fingerprint density at radius 3 is 3.00 bits per heavy atom. The molecule has 0 saturated carbocycles. The molecule has 0 radical (unpaired) electrons. The van der Waals surface area contributed by atoms with E-state index in [0.29, 0.717) is 19.7 Å². The Kier molecular flexibility index (Phi) is 3.22. The fourth-order valence-electron chi connectivity index (χ4n) is 2.16. The third-order valence-corrected chi connectivity index (χ3v) is 2.90. The van der Waals surface area contributed by atoms with Gasteiger partial charge in [0.2, 0.25) is 0 Å². The maximum atomic E-state index is 11.3. The number of carboxylic acids is 1. The van der Waals surface area contributed by atoms with Crippen molar-refractivity contribution in [3.05, 3.63) is 35.4 Å². The van der Waals surface area contributed by atoms with E-state index in [2.05, 4.69) is 0 Å². The highest BCUT2D eigenvalue weighted by Crippen LogP contribution is 2.33. The summed E-state index contributed by atoms with van der Waals surface area (Å²) in [5, 5.41) is 9.25. The van der Waals surface area contributed by atoms with E-state index < -0.39 is 12.0 Å². The van der Waals surface area contributed by atoms with E-state index in [-0.39, 0.29) is 0 Å². The predicted octanol–water partition coefficient (Wildman–Crippen LogP) is 1.27. The number of hydrogen-bond acceptors (Lipinski definition) is 3. The van der Waals surface area contributed by atoms with Gasteiger partial charge in [-0.15, -0.1) is 0 Å². The molecular formula is C12H15NO3. The topological polar surface area (TPSA) is 49.8 Å². The molecule has 1 atom stereocenters. The minimum Gasteiger partial charge on any atom is -0.480 e. The molecule has 1 heterocycles. The number of ether oxygens (including phenoxy) is 1. The number of carboxylic acid groups (broad SMARTS) is 1. The predicted molar refractivity (Wildman–Crippen MR) is 59.1 cm³/mol. The molecule has 0 fully saturated rings. The summed E-state index contributed by atoms with van der Waals surface area (Å²) in [6, 6.07) is 7.18. The molecule has 16 heavy (non-hydrogen) atoms. The molecule has 0 aromatic heterocycles. The minimum absolute atomic E-state index is 0.522. The maximum Gasteiger partial charge on any atom is 0.325 e. The van der Waals surface area contributed by atoms with Gasteiger partial charge >= 0.3 is 5.97 Å². The first-order chi connectivity index (χ1) is 7.74. The molecule has 1 aromatic rings. The first-order valence-electron chi connectivity index (χ1n) is 5.27. The second-order valence-corrected chi connectivity index (χ2v) is 3.90. The zero-order chi connectivity index (χ0) is 11.5. The lowest BCUT2D eigenvalue weighted by Gasteiger charge is -2.20. The highest BCUT2D eigenvalue weighted by Gasteiger charge is 2.34. The number of rotatable bonds is 4. The van der Waals surface area contributed by atoms with E-state index in [9.17, 15) is 9.90 Å². The molecule has 0 bridgehead atoms. The number of nitrogens with zero attached hydrogens (tertiary/aromatic N) is 1. The zero-order valence-electron chi connectivity index (χ0n) is 9.22. The SMILES string of the molecule is COCCN1Cc2ccccc2C1C(=O)O. The molecule has 86 valence electrons. The number of aliphatic carboxylic acids is 1. The molecule has 1 N–H and O–H groups in total. The van der Waals surface area contributed by atoms with Crippen LogP contribution in [0.2, 0.25) is 0 Å². The summed E-state index contributed by atoms with van der Waals surface area (Å²) in [7, 11) is 1.62. The second kappa shape index (κ2) is 4.63. The van der Waals surface area contributed by atoms with Crippen LogP contribution in [0.1, 0.15) is 17.2 Å². The van der Waals surface area contributed by atoms with E-state index in [1.54, 1.807) is 7.11 Å². The van der Waals surface area contributed by atoms with Crippen LogP contribution >= 0.6 is 0 Å². The number of benzene rings is 1. The highest BCUT2D eigenvalue weighted by atomic mass is 16.5. The summed E-state index contributed by atoms with van der Waals surface area (Å²) >= 11 is 0. The molecule has 2 rings (SSSR count). The van der Waals surface area contributed by atoms with Crippen LogP contribution in [0, 0.1) is 0 Å². The number of hydrogen-bond donors (Lipinski definition) is 1. The zero-order valence-corrected chi connectivity index (χ0v) is 9.22. The Bertz CT molecular complexity index is 392. The fraction of sp³-hybridized carbons (Fsp3) is 0.417. The smallest absolute Gasteiger partial charge is 0.325 e. The first-order valence-corrected chi connectivity index (χ1v) is 5.27. The molecule has 0 spiro atoms. The number of carbonyl (C=O) groups is 1. The maximum absolute atomic E-state index is 11.3. The van der Waals surface area contributed by atoms with Gasteiger partial charge < -0.3 is 9.84 Å². The molecule has 1 aliphatic heterocycles. The molecular weight excluding hydrogens is 206 g/mol. The summed E-state index contributed by atoms with van der Waals surface area (Å²) in [5.41, 5.74) is 2.01. The third kappa shape index (κ3) is 1.94. The van der Waals surface area contributed by atoms with Gasteiger partial charge in [0.1, 0.15) is 6.04 Å². The lowest BCUT2D eigenvalue weighted by atomic mass is 10.1. The van der Waals surface area contributed by atoms with Gasteiger partial charge in [-0.25, -0.2) is 0 Å². The minimum atomic E-state index is -0.791. The average molecular weight is 221 g/mol. The van der Waals surface area contributed by atoms with Crippen LogP contribution in [0.3, 0.4) is 0 Å². The second-order valence-electron chi connectivity index (χ2n) is 3.90. The van der Waals surface area contributed by atoms with Crippen molar-refractivity contribution in [3.63, 3.8) is 0 Å². The lowest BCUT2D eigenvalue weighted by molar-refractivity contribution is -0.143. The van der Waals surface area contributed by atoms with Crippen molar-refractivity contribution >= 4 is 5.97 Å². The van der Waals surface area contributed by atoms with Gasteiger partial charge in [0.15, 0.2) is 0 Å². The van der Waals surface area contributed by atoms with Gasteiger partial charge in [0, 0.05) is 20.2 Å². The van der Waals surface area contributed by atoms with E-state index in [1.165, 1.54) is 0 Å². The van der Waals surface area contributed by atoms with Gasteiger partial charge in [-0.3, -0.25) is 9.69 Å². The van der Waals surface area contributed by atoms with Gasteiger partial charge in [0.05, 0.1) is 6.61 Å². The molecule has 1 aromatic carbocycles. The summed E-state index contributed by atoms with van der Waals surface area (Å²) in [6.07, 6.45) is 0. The van der Waals surface area contributed by atoms with Crippen molar-refractivity contribution in [3.8, 4) is 0 Å². The average Bonchev–Trinajstić information content (AvgIpc) is 2.64. The monoisotopic (exact) mass is 221 g/mol. The fourth-order valence-corrected chi connectivity index (χ4v) is 2.16. The van der Waals surface area contributed by atoms with Gasteiger partial charge in [0.25, 0.3) is 0 Å². The van der Waals surface area contributed by atoms with Crippen LogP contribution in [0.25, 0.3) is 0 Å². The van der Waals surface area contributed by atoms with Crippen LogP contribution in [-0.2, 0) is 16.1 Å². The van der Waals surface area contributed by atoms with Crippen molar-refractivity contribution < 1.29 is 14.6 Å². The Balaban J connectivity index is 2.23. The summed E-state index contributed by atoms with van der Waals surface area (Å²) < 4.78 is 5.00. The lowest BCUT2D eigenvalue weighted by Crippen LogP contribution is -2.30. The standard InChI is InChI=1S/C12H15NO3/c1-16-7-6-13-8-9-4-2-3-5-10(9)11(13)12(14)15/h2-5,11H,6-8H2,1H3,(H,14,15). The normalized spacial score (nSPS) is 19.7. The van der Waals surface area contributed by atoms with E-state index in [4.69, 9.17) is 4.74 Å². The van der Waals surface area contributed by atoms with E-state index in [0.717, 1.165) is 11.1 Å². The van der Waals surface area contributed by atoms with Crippen molar-refractivity contribution in [1.29, 1.82) is 0 Å². The van der Waals surface area contributed by atoms with Gasteiger partial charge in [-0.05, 0) is 11.1 Å². The van der Waals surface area contributed by atoms with Crippen LogP contribution in [0.15, 0.2) is 24.3 Å². The molecule has 0 saturated heterocycles. The van der Waals surface area contributed by atoms with Crippen molar-refractivity contribution in [2.45, 2.75) is 12.6 Å². The highest BCUT2D eigenvalue weighted by molar-refractivity contribution is 5.77. The molecule has 1 aliphatic rings. The molecule has 0 amide bonds. The Hall–Kier alpha value is -1.39. The van der Waals surface area contributed by atoms with Crippen LogP contribution in [0.4, 0.5) is 0 Å². The summed E-state index contributed by atoms with van der Waals surface area (Å²) in [6.45, 7) is 1.89. The van der Waals surface area contributed by atoms with Crippen molar-refractivity contribution in [2.24, 2.45) is 0 Å². The van der Waals surface area contributed by atoms with Gasteiger partial charge in [-0.1, -0.05) is 24.3 Å². The molecule has 4 heteroatoms. The first kappa shape index (κ1) is 11.1. The number of methoxy groups -OCH3 is 1. The summed E-state index contributed by atoms with van der Waals surface area (Å²) in [5.74, 6) is -0.791. The van der Waals surface area contributed by atoms with Crippen molar-refractivity contribution in [2.75, 3.05) is 20.3 Å². The summed E-state index contributed by atoms with van der Waals surface area (Å²) in [4.78, 5) is 13.2. The molecule has 0 aliphatic carbocycles. The Morgan fingerprint density at radius 1 is 1.56 bits per heavy atom. The van der Waals surface area contributed by atoms with Gasteiger partial charge in [-0.2, -0.15) is 0 Å². The van der Waals surface area contributed by atoms with E-state index in [1.807, 2.05) is 29.2 Å².